The molecule has 0 atom stereocenters. The number of amides is 1. The molecule has 0 aliphatic carbocycles. The zero-order chi connectivity index (χ0) is 13.2. The Labute approximate surface area is 104 Å². The fraction of sp³-hybridized carbons (Fsp3) is 0.500. The SMILES string of the molecule is CCC(C)(C)N(C)C(=O)c1ccc(C)c(N)c1. The number of hydrogen-bond donors (Lipinski definition) is 1. The Balaban J connectivity index is 3.01. The van der Waals surface area contributed by atoms with Crippen molar-refractivity contribution in [1.82, 2.24) is 4.90 Å². The zero-order valence-corrected chi connectivity index (χ0v) is 11.4. The molecule has 1 rings (SSSR count). The summed E-state index contributed by atoms with van der Waals surface area (Å²) in [7, 11) is 1.84. The Morgan fingerprint density at radius 2 is 2.00 bits per heavy atom. The Kier molecular flexibility index (Phi) is 3.81. The molecule has 1 amide bonds. The second kappa shape index (κ2) is 4.78. The summed E-state index contributed by atoms with van der Waals surface area (Å²) in [5.74, 6) is 0.0172. The van der Waals surface area contributed by atoms with Crippen molar-refractivity contribution in [3.8, 4) is 0 Å². The Bertz CT molecular complexity index is 424. The van der Waals surface area contributed by atoms with Crippen LogP contribution in [0.1, 0.15) is 43.1 Å². The lowest BCUT2D eigenvalue weighted by Gasteiger charge is -2.35. The molecule has 17 heavy (non-hydrogen) atoms. The number of rotatable bonds is 3. The second-order valence-electron chi connectivity index (χ2n) is 5.10. The van der Waals surface area contributed by atoms with Gasteiger partial charge < -0.3 is 10.6 Å². The Hall–Kier alpha value is -1.51. The molecule has 1 aromatic rings. The van der Waals surface area contributed by atoms with Crippen molar-refractivity contribution in [2.75, 3.05) is 12.8 Å². The smallest absolute Gasteiger partial charge is 0.254 e. The fourth-order valence-electron chi connectivity index (χ4n) is 1.48. The van der Waals surface area contributed by atoms with Gasteiger partial charge in [-0.25, -0.2) is 0 Å². The van der Waals surface area contributed by atoms with Crippen LogP contribution in [-0.4, -0.2) is 23.4 Å². The van der Waals surface area contributed by atoms with E-state index in [1.165, 1.54) is 0 Å². The number of carbonyl (C=O) groups excluding carboxylic acids is 1. The number of hydrogen-bond acceptors (Lipinski definition) is 2. The molecule has 3 nitrogen and oxygen atoms in total. The third-order valence-electron chi connectivity index (χ3n) is 3.60. The number of nitrogens with zero attached hydrogens (tertiary/aromatic N) is 1. The lowest BCUT2D eigenvalue weighted by atomic mass is 9.98. The second-order valence-corrected chi connectivity index (χ2v) is 5.10. The van der Waals surface area contributed by atoms with Crippen molar-refractivity contribution >= 4 is 11.6 Å². The van der Waals surface area contributed by atoms with Gasteiger partial charge in [-0.05, 0) is 44.9 Å². The van der Waals surface area contributed by atoms with Crippen molar-refractivity contribution < 1.29 is 4.79 Å². The lowest BCUT2D eigenvalue weighted by molar-refractivity contribution is 0.0620. The van der Waals surface area contributed by atoms with Crippen LogP contribution >= 0.6 is 0 Å². The number of anilines is 1. The fourth-order valence-corrected chi connectivity index (χ4v) is 1.48. The monoisotopic (exact) mass is 234 g/mol. The van der Waals surface area contributed by atoms with Crippen LogP contribution in [0.4, 0.5) is 5.69 Å². The molecule has 0 spiro atoms. The molecule has 0 heterocycles. The van der Waals surface area contributed by atoms with Crippen molar-refractivity contribution in [3.05, 3.63) is 29.3 Å². The van der Waals surface area contributed by atoms with Gasteiger partial charge in [-0.15, -0.1) is 0 Å². The van der Waals surface area contributed by atoms with Crippen LogP contribution in [0.5, 0.6) is 0 Å². The van der Waals surface area contributed by atoms with Crippen LogP contribution in [0.25, 0.3) is 0 Å². The maximum atomic E-state index is 12.3. The topological polar surface area (TPSA) is 46.3 Å². The van der Waals surface area contributed by atoms with Crippen molar-refractivity contribution in [1.29, 1.82) is 0 Å². The first-order valence-corrected chi connectivity index (χ1v) is 5.94. The Morgan fingerprint density at radius 3 is 2.47 bits per heavy atom. The third-order valence-corrected chi connectivity index (χ3v) is 3.60. The zero-order valence-electron chi connectivity index (χ0n) is 11.4. The quantitative estimate of drug-likeness (QED) is 0.817. The van der Waals surface area contributed by atoms with Gasteiger partial charge in [-0.2, -0.15) is 0 Å². The lowest BCUT2D eigenvalue weighted by Crippen LogP contribution is -2.44. The number of nitrogens with two attached hydrogens (primary N) is 1. The highest BCUT2D eigenvalue weighted by Gasteiger charge is 2.26. The summed E-state index contributed by atoms with van der Waals surface area (Å²) < 4.78 is 0. The highest BCUT2D eigenvalue weighted by molar-refractivity contribution is 5.95. The molecule has 0 aliphatic rings. The van der Waals surface area contributed by atoms with Gasteiger partial charge >= 0.3 is 0 Å². The van der Waals surface area contributed by atoms with Crippen LogP contribution in [0.2, 0.25) is 0 Å². The van der Waals surface area contributed by atoms with Crippen LogP contribution in [-0.2, 0) is 0 Å². The first kappa shape index (κ1) is 13.6. The van der Waals surface area contributed by atoms with Gasteiger partial charge in [0.25, 0.3) is 5.91 Å². The summed E-state index contributed by atoms with van der Waals surface area (Å²) in [4.78, 5) is 14.1. The predicted octanol–water partition coefficient (Wildman–Crippen LogP) is 2.84. The van der Waals surface area contributed by atoms with Gasteiger partial charge in [0.2, 0.25) is 0 Å². The molecule has 0 fully saturated rings. The van der Waals surface area contributed by atoms with E-state index in [1.807, 2.05) is 26.1 Å². The number of aryl methyl sites for hydroxylation is 1. The van der Waals surface area contributed by atoms with Crippen LogP contribution in [0, 0.1) is 6.92 Å². The number of carbonyl (C=O) groups is 1. The molecular formula is C14H22N2O. The van der Waals surface area contributed by atoms with Gasteiger partial charge in [0.05, 0.1) is 0 Å². The van der Waals surface area contributed by atoms with Crippen LogP contribution in [0.15, 0.2) is 18.2 Å². The predicted molar refractivity (Wildman–Crippen MR) is 72.1 cm³/mol. The van der Waals surface area contributed by atoms with E-state index in [0.717, 1.165) is 12.0 Å². The van der Waals surface area contributed by atoms with E-state index in [-0.39, 0.29) is 11.4 Å². The highest BCUT2D eigenvalue weighted by atomic mass is 16.2. The van der Waals surface area contributed by atoms with Crippen LogP contribution < -0.4 is 5.73 Å². The maximum Gasteiger partial charge on any atom is 0.254 e. The van der Waals surface area contributed by atoms with E-state index in [4.69, 9.17) is 5.73 Å². The average Bonchev–Trinajstić information content (AvgIpc) is 2.30. The van der Waals surface area contributed by atoms with Gasteiger partial charge in [0.15, 0.2) is 0 Å². The number of benzene rings is 1. The molecule has 1 aromatic carbocycles. The minimum atomic E-state index is -0.142. The van der Waals surface area contributed by atoms with Gasteiger partial charge in [0.1, 0.15) is 0 Å². The van der Waals surface area contributed by atoms with E-state index >= 15 is 0 Å². The van der Waals surface area contributed by atoms with E-state index < -0.39 is 0 Å². The van der Waals surface area contributed by atoms with E-state index in [0.29, 0.717) is 11.3 Å². The molecule has 0 saturated heterocycles. The summed E-state index contributed by atoms with van der Waals surface area (Å²) in [5.41, 5.74) is 8.00. The van der Waals surface area contributed by atoms with Crippen LogP contribution in [0.3, 0.4) is 0 Å². The van der Waals surface area contributed by atoms with Crippen molar-refractivity contribution in [3.63, 3.8) is 0 Å². The number of nitrogen functional groups attached to an aromatic ring is 1. The molecule has 0 aliphatic heterocycles. The molecule has 3 heteroatoms. The summed E-state index contributed by atoms with van der Waals surface area (Å²) in [6, 6.07) is 5.46. The van der Waals surface area contributed by atoms with E-state index in [1.54, 1.807) is 11.0 Å². The molecule has 0 unspecified atom stereocenters. The minimum Gasteiger partial charge on any atom is -0.398 e. The van der Waals surface area contributed by atoms with Gasteiger partial charge in [-0.3, -0.25) is 4.79 Å². The molecule has 94 valence electrons. The van der Waals surface area contributed by atoms with Crippen molar-refractivity contribution in [2.45, 2.75) is 39.7 Å². The molecule has 0 aromatic heterocycles. The molecule has 0 saturated carbocycles. The summed E-state index contributed by atoms with van der Waals surface area (Å²) >= 11 is 0. The highest BCUT2D eigenvalue weighted by Crippen LogP contribution is 2.21. The largest absolute Gasteiger partial charge is 0.398 e. The van der Waals surface area contributed by atoms with E-state index in [9.17, 15) is 4.79 Å². The Morgan fingerprint density at radius 1 is 1.41 bits per heavy atom. The molecule has 0 radical (unpaired) electrons. The van der Waals surface area contributed by atoms with Gasteiger partial charge in [-0.1, -0.05) is 13.0 Å². The molecule has 2 N–H and O–H groups in total. The van der Waals surface area contributed by atoms with Gasteiger partial charge in [0, 0.05) is 23.8 Å². The standard InChI is InChI=1S/C14H22N2O/c1-6-14(3,4)16(5)13(17)11-8-7-10(2)12(15)9-11/h7-9H,6,15H2,1-5H3. The molecule has 0 bridgehead atoms. The summed E-state index contributed by atoms with van der Waals surface area (Å²) in [6.07, 6.45) is 0.913. The maximum absolute atomic E-state index is 12.3. The summed E-state index contributed by atoms with van der Waals surface area (Å²) in [5, 5.41) is 0. The molecular weight excluding hydrogens is 212 g/mol. The first-order valence-electron chi connectivity index (χ1n) is 5.94. The normalized spacial score (nSPS) is 11.4. The summed E-state index contributed by atoms with van der Waals surface area (Å²) in [6.45, 7) is 8.13. The average molecular weight is 234 g/mol. The minimum absolute atomic E-state index is 0.0172. The van der Waals surface area contributed by atoms with Crippen molar-refractivity contribution in [2.24, 2.45) is 0 Å². The first-order chi connectivity index (χ1) is 7.79. The van der Waals surface area contributed by atoms with E-state index in [2.05, 4.69) is 20.8 Å². The third kappa shape index (κ3) is 2.78.